The Hall–Kier alpha value is -2.90. The van der Waals surface area contributed by atoms with E-state index in [-0.39, 0.29) is 24.5 Å². The predicted molar refractivity (Wildman–Crippen MR) is 132 cm³/mol. The molecule has 2 aromatic rings. The molecule has 1 aliphatic rings. The summed E-state index contributed by atoms with van der Waals surface area (Å²) in [5, 5.41) is 15.0. The molecule has 0 saturated heterocycles. The molecule has 1 aliphatic heterocycles. The molecular formula is C27H37N3O4. The van der Waals surface area contributed by atoms with E-state index in [1.165, 1.54) is 0 Å². The van der Waals surface area contributed by atoms with Crippen LogP contribution in [0.25, 0.3) is 0 Å². The van der Waals surface area contributed by atoms with Gasteiger partial charge in [0, 0.05) is 37.7 Å². The van der Waals surface area contributed by atoms with Crippen LogP contribution in [-0.4, -0.2) is 54.2 Å². The Bertz CT molecular complexity index is 919. The smallest absolute Gasteiger partial charge is 0.234 e. The summed E-state index contributed by atoms with van der Waals surface area (Å²) in [7, 11) is 0. The van der Waals surface area contributed by atoms with Gasteiger partial charge in [-0.2, -0.15) is 0 Å². The number of aryl methyl sites for hydroxylation is 1. The Morgan fingerprint density at radius 3 is 2.74 bits per heavy atom. The predicted octanol–water partition coefficient (Wildman–Crippen LogP) is 2.80. The molecule has 0 aliphatic carbocycles. The summed E-state index contributed by atoms with van der Waals surface area (Å²) in [4.78, 5) is 26.9. The molecule has 0 spiro atoms. The minimum Gasteiger partial charge on any atom is -0.493 e. The van der Waals surface area contributed by atoms with Crippen molar-refractivity contribution >= 4 is 11.8 Å². The lowest BCUT2D eigenvalue weighted by Crippen LogP contribution is -2.37. The van der Waals surface area contributed by atoms with Crippen LogP contribution < -0.4 is 15.4 Å². The molecule has 0 unspecified atom stereocenters. The van der Waals surface area contributed by atoms with Gasteiger partial charge in [-0.05, 0) is 49.8 Å². The van der Waals surface area contributed by atoms with Crippen molar-refractivity contribution in [3.8, 4) is 5.75 Å². The minimum atomic E-state index is -0.251. The molecule has 3 rings (SSSR count). The molecule has 0 saturated carbocycles. The van der Waals surface area contributed by atoms with Gasteiger partial charge in [0.25, 0.3) is 0 Å². The molecule has 7 heteroatoms. The number of carbonyl (C=O) groups is 2. The second-order valence-corrected chi connectivity index (χ2v) is 8.98. The van der Waals surface area contributed by atoms with E-state index in [0.29, 0.717) is 45.6 Å². The van der Waals surface area contributed by atoms with Gasteiger partial charge in [0.15, 0.2) is 0 Å². The van der Waals surface area contributed by atoms with Crippen LogP contribution in [0.3, 0.4) is 0 Å². The molecule has 2 amide bonds. The van der Waals surface area contributed by atoms with Crippen molar-refractivity contribution in [2.45, 2.75) is 58.2 Å². The average Bonchev–Trinajstić information content (AvgIpc) is 2.84. The molecule has 1 heterocycles. The van der Waals surface area contributed by atoms with Gasteiger partial charge in [0.1, 0.15) is 5.75 Å². The second-order valence-electron chi connectivity index (χ2n) is 8.98. The third-order valence-electron chi connectivity index (χ3n) is 5.86. The fourth-order valence-electron chi connectivity index (χ4n) is 4.03. The van der Waals surface area contributed by atoms with E-state index in [1.54, 1.807) is 6.92 Å². The van der Waals surface area contributed by atoms with E-state index in [0.717, 1.165) is 41.7 Å². The molecular weight excluding hydrogens is 430 g/mol. The summed E-state index contributed by atoms with van der Waals surface area (Å²) in [6.07, 6.45) is 3.82. The zero-order chi connectivity index (χ0) is 24.2. The van der Waals surface area contributed by atoms with Crippen molar-refractivity contribution in [3.63, 3.8) is 0 Å². The monoisotopic (exact) mass is 467 g/mol. The number of benzene rings is 2. The van der Waals surface area contributed by atoms with Gasteiger partial charge in [-0.3, -0.25) is 14.5 Å². The van der Waals surface area contributed by atoms with Gasteiger partial charge < -0.3 is 20.5 Å². The first kappa shape index (κ1) is 25.7. The van der Waals surface area contributed by atoms with E-state index in [1.807, 2.05) is 30.3 Å². The maximum absolute atomic E-state index is 12.6. The number of rotatable bonds is 7. The lowest BCUT2D eigenvalue weighted by Gasteiger charge is -2.24. The Kier molecular flexibility index (Phi) is 10.4. The Labute approximate surface area is 202 Å². The molecule has 2 aromatic carbocycles. The SMILES string of the molecule is C[C@@H](CO)NC(=O)CCc1ccc2c(c1)CN(Cc1ccccc1)CC(=O)NCCCCCO2. The van der Waals surface area contributed by atoms with Crippen LogP contribution in [0.15, 0.2) is 48.5 Å². The third kappa shape index (κ3) is 8.80. The average molecular weight is 468 g/mol. The van der Waals surface area contributed by atoms with Crippen LogP contribution in [0.1, 0.15) is 49.3 Å². The highest BCUT2D eigenvalue weighted by molar-refractivity contribution is 5.78. The third-order valence-corrected chi connectivity index (χ3v) is 5.86. The molecule has 0 radical (unpaired) electrons. The van der Waals surface area contributed by atoms with Crippen molar-refractivity contribution in [2.75, 3.05) is 26.3 Å². The maximum Gasteiger partial charge on any atom is 0.234 e. The number of aliphatic hydroxyl groups is 1. The molecule has 7 nitrogen and oxygen atoms in total. The summed E-state index contributed by atoms with van der Waals surface area (Å²) in [6, 6.07) is 16.0. The van der Waals surface area contributed by atoms with Crippen LogP contribution in [0.4, 0.5) is 0 Å². The Morgan fingerprint density at radius 1 is 1.12 bits per heavy atom. The highest BCUT2D eigenvalue weighted by atomic mass is 16.5. The number of ether oxygens (including phenoxy) is 1. The van der Waals surface area contributed by atoms with Crippen molar-refractivity contribution in [2.24, 2.45) is 0 Å². The van der Waals surface area contributed by atoms with Gasteiger partial charge in [-0.1, -0.05) is 42.5 Å². The maximum atomic E-state index is 12.6. The van der Waals surface area contributed by atoms with Crippen molar-refractivity contribution in [1.82, 2.24) is 15.5 Å². The summed E-state index contributed by atoms with van der Waals surface area (Å²) in [5.41, 5.74) is 3.21. The van der Waals surface area contributed by atoms with E-state index >= 15 is 0 Å². The summed E-state index contributed by atoms with van der Waals surface area (Å²) in [6.45, 7) is 4.55. The van der Waals surface area contributed by atoms with Crippen LogP contribution in [0.5, 0.6) is 5.75 Å². The van der Waals surface area contributed by atoms with Crippen LogP contribution in [0, 0.1) is 0 Å². The molecule has 0 fully saturated rings. The minimum absolute atomic E-state index is 0.0310. The number of nitrogens with zero attached hydrogens (tertiary/aromatic N) is 1. The lowest BCUT2D eigenvalue weighted by atomic mass is 10.0. The van der Waals surface area contributed by atoms with Crippen molar-refractivity contribution in [1.29, 1.82) is 0 Å². The Morgan fingerprint density at radius 2 is 1.94 bits per heavy atom. The van der Waals surface area contributed by atoms with E-state index < -0.39 is 0 Å². The normalized spacial score (nSPS) is 16.6. The number of amides is 2. The molecule has 1 atom stereocenters. The zero-order valence-corrected chi connectivity index (χ0v) is 20.1. The van der Waals surface area contributed by atoms with Gasteiger partial charge >= 0.3 is 0 Å². The summed E-state index contributed by atoms with van der Waals surface area (Å²) >= 11 is 0. The quantitative estimate of drug-likeness (QED) is 0.583. The topological polar surface area (TPSA) is 90.9 Å². The first-order valence-electron chi connectivity index (χ1n) is 12.2. The standard InChI is InChI=1S/C27H37N3O4/c1-21(20-31)29-26(32)13-11-22-10-12-25-24(16-22)18-30(17-23-8-4-2-5-9-23)19-27(33)28-14-6-3-7-15-34-25/h2,4-5,8-10,12,16,21,31H,3,6-7,11,13-15,17-20H2,1H3,(H,28,33)(H,29,32)/t21-/m0/s1. The highest BCUT2D eigenvalue weighted by Gasteiger charge is 2.16. The second kappa shape index (κ2) is 13.7. The van der Waals surface area contributed by atoms with E-state index in [4.69, 9.17) is 9.84 Å². The van der Waals surface area contributed by atoms with E-state index in [2.05, 4.69) is 33.7 Å². The highest BCUT2D eigenvalue weighted by Crippen LogP contribution is 2.24. The zero-order valence-electron chi connectivity index (χ0n) is 20.1. The Balaban J connectivity index is 1.78. The number of carbonyl (C=O) groups excluding carboxylic acids is 2. The first-order valence-corrected chi connectivity index (χ1v) is 12.2. The number of aliphatic hydroxyl groups excluding tert-OH is 1. The largest absolute Gasteiger partial charge is 0.493 e. The molecule has 0 bridgehead atoms. The molecule has 0 aromatic heterocycles. The summed E-state index contributed by atoms with van der Waals surface area (Å²) in [5.74, 6) is 0.785. The van der Waals surface area contributed by atoms with Crippen LogP contribution in [-0.2, 0) is 29.1 Å². The molecule has 34 heavy (non-hydrogen) atoms. The van der Waals surface area contributed by atoms with Crippen LogP contribution in [0.2, 0.25) is 0 Å². The molecule has 3 N–H and O–H groups in total. The van der Waals surface area contributed by atoms with Gasteiger partial charge in [0.2, 0.25) is 11.8 Å². The van der Waals surface area contributed by atoms with Crippen molar-refractivity contribution < 1.29 is 19.4 Å². The van der Waals surface area contributed by atoms with E-state index in [9.17, 15) is 9.59 Å². The molecule has 184 valence electrons. The van der Waals surface area contributed by atoms with Gasteiger partial charge in [-0.25, -0.2) is 0 Å². The number of hydrogen-bond acceptors (Lipinski definition) is 5. The van der Waals surface area contributed by atoms with Crippen molar-refractivity contribution in [3.05, 3.63) is 65.2 Å². The van der Waals surface area contributed by atoms with Gasteiger partial charge in [0.05, 0.1) is 19.8 Å². The van der Waals surface area contributed by atoms with Crippen LogP contribution >= 0.6 is 0 Å². The number of fused-ring (bicyclic) bond motifs is 1. The number of hydrogen-bond donors (Lipinski definition) is 3. The lowest BCUT2D eigenvalue weighted by molar-refractivity contribution is -0.123. The summed E-state index contributed by atoms with van der Waals surface area (Å²) < 4.78 is 6.14. The van der Waals surface area contributed by atoms with Gasteiger partial charge in [-0.15, -0.1) is 0 Å². The fourth-order valence-corrected chi connectivity index (χ4v) is 4.03. The fraction of sp³-hybridized carbons (Fsp3) is 0.481. The number of nitrogens with one attached hydrogen (secondary N) is 2. The first-order chi connectivity index (χ1) is 16.5.